The van der Waals surface area contributed by atoms with E-state index in [9.17, 15) is 9.59 Å². The molecule has 1 heterocycles. The number of hydrogen-bond acceptors (Lipinski definition) is 3. The Balaban J connectivity index is 1.62. The van der Waals surface area contributed by atoms with Gasteiger partial charge in [0.1, 0.15) is 5.78 Å². The summed E-state index contributed by atoms with van der Waals surface area (Å²) in [5.74, 6) is 1.90. The van der Waals surface area contributed by atoms with Gasteiger partial charge >= 0.3 is 0 Å². The van der Waals surface area contributed by atoms with Gasteiger partial charge < -0.3 is 4.90 Å². The van der Waals surface area contributed by atoms with Crippen LogP contribution in [-0.2, 0) is 9.59 Å². The van der Waals surface area contributed by atoms with E-state index in [0.29, 0.717) is 23.2 Å². The number of likely N-dealkylation sites (tertiary alicyclic amines) is 1. The molecule has 18 heavy (non-hydrogen) atoms. The molecule has 1 amide bonds. The summed E-state index contributed by atoms with van der Waals surface area (Å²) in [7, 11) is 0. The lowest BCUT2D eigenvalue weighted by Crippen LogP contribution is -2.37. The molecule has 0 atom stereocenters. The Morgan fingerprint density at radius 2 is 1.61 bits per heavy atom. The average Bonchev–Trinajstić information content (AvgIpc) is 2.93. The summed E-state index contributed by atoms with van der Waals surface area (Å²) in [4.78, 5) is 25.7. The van der Waals surface area contributed by atoms with Gasteiger partial charge in [0.15, 0.2) is 0 Å². The Morgan fingerprint density at radius 1 is 0.944 bits per heavy atom. The van der Waals surface area contributed by atoms with Gasteiger partial charge in [0.05, 0.1) is 11.5 Å². The minimum atomic E-state index is 0.221. The first-order valence-corrected chi connectivity index (χ1v) is 8.31. The van der Waals surface area contributed by atoms with Crippen LogP contribution in [0.2, 0.25) is 0 Å². The molecule has 4 heteroatoms. The van der Waals surface area contributed by atoms with Crippen LogP contribution in [0.5, 0.6) is 0 Å². The lowest BCUT2D eigenvalue weighted by Gasteiger charge is -2.26. The van der Waals surface area contributed by atoms with Crippen LogP contribution in [0.4, 0.5) is 0 Å². The normalized spacial score (nSPS) is 21.2. The molecule has 0 aromatic rings. The molecule has 2 rings (SSSR count). The zero-order valence-corrected chi connectivity index (χ0v) is 11.8. The van der Waals surface area contributed by atoms with Crippen molar-refractivity contribution in [2.45, 2.75) is 44.9 Å². The number of nitrogens with zero attached hydrogens (tertiary/aromatic N) is 1. The van der Waals surface area contributed by atoms with Crippen molar-refractivity contribution in [2.24, 2.45) is 5.92 Å². The van der Waals surface area contributed by atoms with Crippen molar-refractivity contribution in [1.29, 1.82) is 0 Å². The Morgan fingerprint density at radius 3 is 2.28 bits per heavy atom. The average molecular weight is 269 g/mol. The fourth-order valence-electron chi connectivity index (χ4n) is 2.84. The zero-order chi connectivity index (χ0) is 12.8. The maximum atomic E-state index is 11.9. The number of amides is 1. The summed E-state index contributed by atoms with van der Waals surface area (Å²) in [5, 5.41) is 0. The number of Topliss-reactive ketones (excluding diaryl/α,β-unsaturated/α-hetero) is 1. The van der Waals surface area contributed by atoms with Gasteiger partial charge in [-0.05, 0) is 32.1 Å². The van der Waals surface area contributed by atoms with E-state index in [-0.39, 0.29) is 5.91 Å². The van der Waals surface area contributed by atoms with Crippen molar-refractivity contribution in [3.63, 3.8) is 0 Å². The van der Waals surface area contributed by atoms with Crippen LogP contribution >= 0.6 is 11.8 Å². The fraction of sp³-hybridized carbons (Fsp3) is 0.857. The molecule has 0 N–H and O–H groups in total. The predicted molar refractivity (Wildman–Crippen MR) is 74.7 cm³/mol. The second kappa shape index (κ2) is 7.17. The van der Waals surface area contributed by atoms with Gasteiger partial charge in [-0.15, -0.1) is 11.8 Å². The molecule has 0 unspecified atom stereocenters. The van der Waals surface area contributed by atoms with E-state index in [1.165, 1.54) is 31.0 Å². The standard InChI is InChI=1S/C14H23NO2S/c16-13(12-6-2-3-7-12)10-18-11-14(17)15-8-4-1-5-9-15/h12H,1-11H2. The SMILES string of the molecule is O=C(CSCC(=O)N1CCCCC1)C1CCCC1. The molecule has 0 aromatic carbocycles. The van der Waals surface area contributed by atoms with Crippen LogP contribution in [0.25, 0.3) is 0 Å². The maximum Gasteiger partial charge on any atom is 0.232 e. The molecule has 2 fully saturated rings. The zero-order valence-electron chi connectivity index (χ0n) is 11.0. The molecule has 3 nitrogen and oxygen atoms in total. The first-order chi connectivity index (χ1) is 8.77. The summed E-state index contributed by atoms with van der Waals surface area (Å²) in [5.41, 5.74) is 0. The molecular formula is C14H23NO2S. The van der Waals surface area contributed by atoms with Gasteiger partial charge in [0, 0.05) is 19.0 Å². The summed E-state index contributed by atoms with van der Waals surface area (Å²) >= 11 is 1.51. The van der Waals surface area contributed by atoms with Gasteiger partial charge in [-0.3, -0.25) is 9.59 Å². The van der Waals surface area contributed by atoms with Crippen LogP contribution in [0.15, 0.2) is 0 Å². The lowest BCUT2D eigenvalue weighted by atomic mass is 10.0. The minimum Gasteiger partial charge on any atom is -0.342 e. The van der Waals surface area contributed by atoms with Crippen molar-refractivity contribution < 1.29 is 9.59 Å². The van der Waals surface area contributed by atoms with E-state index in [1.54, 1.807) is 0 Å². The number of carbonyl (C=O) groups is 2. The summed E-state index contributed by atoms with van der Waals surface area (Å²) < 4.78 is 0. The molecular weight excluding hydrogens is 246 g/mol. The summed E-state index contributed by atoms with van der Waals surface area (Å²) in [6, 6.07) is 0. The van der Waals surface area contributed by atoms with Crippen LogP contribution < -0.4 is 0 Å². The minimum absolute atomic E-state index is 0.221. The number of piperidine rings is 1. The smallest absolute Gasteiger partial charge is 0.232 e. The molecule has 0 bridgehead atoms. The highest BCUT2D eigenvalue weighted by Crippen LogP contribution is 2.26. The van der Waals surface area contributed by atoms with Crippen LogP contribution in [-0.4, -0.2) is 41.2 Å². The van der Waals surface area contributed by atoms with E-state index in [1.807, 2.05) is 4.90 Å². The Kier molecular flexibility index (Phi) is 5.54. The predicted octanol–water partition coefficient (Wildman–Crippen LogP) is 2.49. The third-order valence-corrected chi connectivity index (χ3v) is 4.93. The van der Waals surface area contributed by atoms with E-state index in [2.05, 4.69) is 0 Å². The van der Waals surface area contributed by atoms with E-state index in [0.717, 1.165) is 38.8 Å². The third-order valence-electron chi connectivity index (χ3n) is 3.99. The summed E-state index contributed by atoms with van der Waals surface area (Å²) in [6.45, 7) is 1.83. The Labute approximate surface area is 114 Å². The van der Waals surface area contributed by atoms with Gasteiger partial charge in [0.2, 0.25) is 5.91 Å². The second-order valence-electron chi connectivity index (χ2n) is 5.38. The molecule has 0 radical (unpaired) electrons. The molecule has 0 spiro atoms. The molecule has 0 aromatic heterocycles. The van der Waals surface area contributed by atoms with Gasteiger partial charge in [-0.25, -0.2) is 0 Å². The first-order valence-electron chi connectivity index (χ1n) is 7.15. The van der Waals surface area contributed by atoms with E-state index >= 15 is 0 Å². The molecule has 1 saturated heterocycles. The fourth-order valence-corrected chi connectivity index (χ4v) is 3.74. The first kappa shape index (κ1) is 13.9. The van der Waals surface area contributed by atoms with Gasteiger partial charge in [-0.2, -0.15) is 0 Å². The van der Waals surface area contributed by atoms with Crippen molar-refractivity contribution in [1.82, 2.24) is 4.90 Å². The number of rotatable bonds is 5. The number of thioether (sulfide) groups is 1. The molecule has 1 aliphatic heterocycles. The monoisotopic (exact) mass is 269 g/mol. The van der Waals surface area contributed by atoms with Gasteiger partial charge in [0.25, 0.3) is 0 Å². The van der Waals surface area contributed by atoms with Gasteiger partial charge in [-0.1, -0.05) is 12.8 Å². The van der Waals surface area contributed by atoms with Crippen molar-refractivity contribution in [2.75, 3.05) is 24.6 Å². The highest BCUT2D eigenvalue weighted by atomic mass is 32.2. The maximum absolute atomic E-state index is 11.9. The van der Waals surface area contributed by atoms with Crippen LogP contribution in [0.1, 0.15) is 44.9 Å². The molecule has 102 valence electrons. The number of hydrogen-bond donors (Lipinski definition) is 0. The number of ketones is 1. The van der Waals surface area contributed by atoms with Crippen LogP contribution in [0.3, 0.4) is 0 Å². The molecule has 1 aliphatic carbocycles. The van der Waals surface area contributed by atoms with Crippen molar-refractivity contribution in [3.8, 4) is 0 Å². The Hall–Kier alpha value is -0.510. The topological polar surface area (TPSA) is 37.4 Å². The highest BCUT2D eigenvalue weighted by molar-refractivity contribution is 8.00. The van der Waals surface area contributed by atoms with Crippen LogP contribution in [0, 0.1) is 5.92 Å². The summed E-state index contributed by atoms with van der Waals surface area (Å²) in [6.07, 6.45) is 8.06. The Bertz CT molecular complexity index is 294. The largest absolute Gasteiger partial charge is 0.342 e. The van der Waals surface area contributed by atoms with Crippen molar-refractivity contribution >= 4 is 23.5 Å². The highest BCUT2D eigenvalue weighted by Gasteiger charge is 2.23. The van der Waals surface area contributed by atoms with Crippen molar-refractivity contribution in [3.05, 3.63) is 0 Å². The van der Waals surface area contributed by atoms with E-state index in [4.69, 9.17) is 0 Å². The van der Waals surface area contributed by atoms with E-state index < -0.39 is 0 Å². The quantitative estimate of drug-likeness (QED) is 0.769. The molecule has 2 aliphatic rings. The lowest BCUT2D eigenvalue weighted by molar-refractivity contribution is -0.129. The second-order valence-corrected chi connectivity index (χ2v) is 6.37. The number of carbonyl (C=O) groups excluding carboxylic acids is 2. The third kappa shape index (κ3) is 4.01. The molecule has 1 saturated carbocycles.